The average Bonchev–Trinajstić information content (AvgIpc) is 2.99. The molecule has 0 saturated heterocycles. The van der Waals surface area contributed by atoms with Crippen LogP contribution in [0.4, 0.5) is 0 Å². The van der Waals surface area contributed by atoms with E-state index < -0.39 is 0 Å². The summed E-state index contributed by atoms with van der Waals surface area (Å²) in [6, 6.07) is 6.64. The van der Waals surface area contributed by atoms with E-state index in [1.165, 1.54) is 37.7 Å². The van der Waals surface area contributed by atoms with Gasteiger partial charge >= 0.3 is 0 Å². The number of benzene rings is 1. The molecule has 1 saturated carbocycles. The van der Waals surface area contributed by atoms with Crippen LogP contribution in [0.15, 0.2) is 18.2 Å². The SMILES string of the molecule is COc1ccc2c(c1)CCCC21CC1. The number of aryl methyl sites for hydroxylation is 1. The highest BCUT2D eigenvalue weighted by Crippen LogP contribution is 2.55. The normalized spacial score (nSPS) is 21.8. The second kappa shape index (κ2) is 2.75. The molecular weight excluding hydrogens is 172 g/mol. The lowest BCUT2D eigenvalue weighted by Crippen LogP contribution is -2.15. The van der Waals surface area contributed by atoms with Crippen molar-refractivity contribution in [1.29, 1.82) is 0 Å². The molecule has 0 N–H and O–H groups in total. The molecule has 1 aromatic rings. The lowest BCUT2D eigenvalue weighted by molar-refractivity contribution is 0.412. The second-order valence-corrected chi connectivity index (χ2v) is 4.66. The van der Waals surface area contributed by atoms with Crippen molar-refractivity contribution in [2.75, 3.05) is 7.11 Å². The van der Waals surface area contributed by atoms with Crippen LogP contribution in [-0.2, 0) is 11.8 Å². The third-order valence-electron chi connectivity index (χ3n) is 3.84. The lowest BCUT2D eigenvalue weighted by atomic mass is 9.80. The van der Waals surface area contributed by atoms with Crippen molar-refractivity contribution in [1.82, 2.24) is 0 Å². The number of ether oxygens (including phenoxy) is 1. The molecule has 2 aliphatic rings. The summed E-state index contributed by atoms with van der Waals surface area (Å²) < 4.78 is 5.27. The average molecular weight is 188 g/mol. The van der Waals surface area contributed by atoms with Crippen LogP contribution in [0.3, 0.4) is 0 Å². The van der Waals surface area contributed by atoms with Crippen molar-refractivity contribution >= 4 is 0 Å². The molecule has 1 fully saturated rings. The van der Waals surface area contributed by atoms with Gasteiger partial charge in [0, 0.05) is 0 Å². The van der Waals surface area contributed by atoms with Crippen molar-refractivity contribution in [2.24, 2.45) is 0 Å². The Morgan fingerprint density at radius 3 is 2.79 bits per heavy atom. The first-order chi connectivity index (χ1) is 6.84. The fourth-order valence-electron chi connectivity index (χ4n) is 2.84. The van der Waals surface area contributed by atoms with Gasteiger partial charge in [-0.3, -0.25) is 0 Å². The van der Waals surface area contributed by atoms with Crippen molar-refractivity contribution in [2.45, 2.75) is 37.5 Å². The van der Waals surface area contributed by atoms with Gasteiger partial charge < -0.3 is 4.74 Å². The van der Waals surface area contributed by atoms with Gasteiger partial charge in [-0.25, -0.2) is 0 Å². The van der Waals surface area contributed by atoms with E-state index in [4.69, 9.17) is 4.74 Å². The van der Waals surface area contributed by atoms with Crippen LogP contribution in [0.5, 0.6) is 5.75 Å². The zero-order valence-corrected chi connectivity index (χ0v) is 8.68. The minimum Gasteiger partial charge on any atom is -0.497 e. The summed E-state index contributed by atoms with van der Waals surface area (Å²) in [7, 11) is 1.75. The summed E-state index contributed by atoms with van der Waals surface area (Å²) in [5.41, 5.74) is 3.75. The molecule has 0 unspecified atom stereocenters. The zero-order valence-electron chi connectivity index (χ0n) is 8.68. The van der Waals surface area contributed by atoms with E-state index >= 15 is 0 Å². The molecule has 2 aliphatic carbocycles. The summed E-state index contributed by atoms with van der Waals surface area (Å²) in [5, 5.41) is 0. The molecule has 0 amide bonds. The molecular formula is C13H16O. The molecule has 0 radical (unpaired) electrons. The largest absolute Gasteiger partial charge is 0.497 e. The predicted octanol–water partition coefficient (Wildman–Crippen LogP) is 3.06. The van der Waals surface area contributed by atoms with Crippen LogP contribution in [-0.4, -0.2) is 7.11 Å². The van der Waals surface area contributed by atoms with Gasteiger partial charge in [0.15, 0.2) is 0 Å². The molecule has 0 aromatic heterocycles. The molecule has 0 atom stereocenters. The fourth-order valence-corrected chi connectivity index (χ4v) is 2.84. The van der Waals surface area contributed by atoms with E-state index in [0.29, 0.717) is 5.41 Å². The van der Waals surface area contributed by atoms with Gasteiger partial charge in [0.05, 0.1) is 7.11 Å². The van der Waals surface area contributed by atoms with Crippen LogP contribution in [0.25, 0.3) is 0 Å². The number of fused-ring (bicyclic) bond motifs is 2. The van der Waals surface area contributed by atoms with Gasteiger partial charge in [0.2, 0.25) is 0 Å². The van der Waals surface area contributed by atoms with Crippen molar-refractivity contribution in [3.05, 3.63) is 29.3 Å². The third-order valence-corrected chi connectivity index (χ3v) is 3.84. The highest BCUT2D eigenvalue weighted by molar-refractivity contribution is 5.44. The molecule has 1 spiro atoms. The standard InChI is InChI=1S/C13H16O/c1-14-11-4-5-12-10(9-11)3-2-6-13(12)7-8-13/h4-5,9H,2-3,6-8H2,1H3. The molecule has 1 heteroatoms. The first-order valence-electron chi connectivity index (χ1n) is 5.51. The highest BCUT2D eigenvalue weighted by Gasteiger charge is 2.46. The Morgan fingerprint density at radius 2 is 2.07 bits per heavy atom. The van der Waals surface area contributed by atoms with Crippen molar-refractivity contribution < 1.29 is 4.74 Å². The van der Waals surface area contributed by atoms with Gasteiger partial charge in [0.1, 0.15) is 5.75 Å². The number of rotatable bonds is 1. The predicted molar refractivity (Wildman–Crippen MR) is 56.8 cm³/mol. The lowest BCUT2D eigenvalue weighted by Gasteiger charge is -2.25. The van der Waals surface area contributed by atoms with Crippen LogP contribution >= 0.6 is 0 Å². The highest BCUT2D eigenvalue weighted by atomic mass is 16.5. The van der Waals surface area contributed by atoms with E-state index in [1.54, 1.807) is 12.7 Å². The second-order valence-electron chi connectivity index (χ2n) is 4.66. The van der Waals surface area contributed by atoms with Gasteiger partial charge in [-0.05, 0) is 60.8 Å². The van der Waals surface area contributed by atoms with Crippen LogP contribution < -0.4 is 4.74 Å². The molecule has 0 heterocycles. The fraction of sp³-hybridized carbons (Fsp3) is 0.538. The van der Waals surface area contributed by atoms with E-state index in [2.05, 4.69) is 18.2 Å². The Bertz CT molecular complexity index is 363. The van der Waals surface area contributed by atoms with Gasteiger partial charge in [-0.15, -0.1) is 0 Å². The summed E-state index contributed by atoms with van der Waals surface area (Å²) in [4.78, 5) is 0. The minimum atomic E-state index is 0.597. The molecule has 14 heavy (non-hydrogen) atoms. The third kappa shape index (κ3) is 1.08. The molecule has 1 aromatic carbocycles. The summed E-state index contributed by atoms with van der Waals surface area (Å²) in [6.45, 7) is 0. The van der Waals surface area contributed by atoms with Gasteiger partial charge in [0.25, 0.3) is 0 Å². The Morgan fingerprint density at radius 1 is 1.21 bits per heavy atom. The number of hydrogen-bond acceptors (Lipinski definition) is 1. The Hall–Kier alpha value is -0.980. The molecule has 74 valence electrons. The maximum atomic E-state index is 5.27. The van der Waals surface area contributed by atoms with Crippen molar-refractivity contribution in [3.8, 4) is 5.75 Å². The Balaban J connectivity index is 2.07. The minimum absolute atomic E-state index is 0.597. The number of hydrogen-bond donors (Lipinski definition) is 0. The van der Waals surface area contributed by atoms with E-state index in [9.17, 15) is 0 Å². The molecule has 0 aliphatic heterocycles. The molecule has 3 rings (SSSR count). The van der Waals surface area contributed by atoms with Gasteiger partial charge in [-0.1, -0.05) is 6.07 Å². The Kier molecular flexibility index (Phi) is 1.64. The Labute approximate surface area is 85.1 Å². The maximum absolute atomic E-state index is 5.27. The van der Waals surface area contributed by atoms with E-state index in [1.807, 2.05) is 0 Å². The number of methoxy groups -OCH3 is 1. The smallest absolute Gasteiger partial charge is 0.119 e. The zero-order chi connectivity index (χ0) is 9.60. The first kappa shape index (κ1) is 8.34. The molecule has 0 bridgehead atoms. The summed E-state index contributed by atoms with van der Waals surface area (Å²) >= 11 is 0. The van der Waals surface area contributed by atoms with Gasteiger partial charge in [-0.2, -0.15) is 0 Å². The summed E-state index contributed by atoms with van der Waals surface area (Å²) in [6.07, 6.45) is 6.83. The molecule has 1 nitrogen and oxygen atoms in total. The topological polar surface area (TPSA) is 9.23 Å². The quantitative estimate of drug-likeness (QED) is 0.658. The van der Waals surface area contributed by atoms with Crippen LogP contribution in [0.2, 0.25) is 0 Å². The maximum Gasteiger partial charge on any atom is 0.119 e. The monoisotopic (exact) mass is 188 g/mol. The van der Waals surface area contributed by atoms with E-state index in [-0.39, 0.29) is 0 Å². The van der Waals surface area contributed by atoms with Crippen molar-refractivity contribution in [3.63, 3.8) is 0 Å². The van der Waals surface area contributed by atoms with E-state index in [0.717, 1.165) is 5.75 Å². The first-order valence-corrected chi connectivity index (χ1v) is 5.51. The summed E-state index contributed by atoms with van der Waals surface area (Å²) in [5.74, 6) is 1.02. The van der Waals surface area contributed by atoms with Crippen LogP contribution in [0.1, 0.15) is 36.8 Å². The van der Waals surface area contributed by atoms with Crippen LogP contribution in [0, 0.1) is 0 Å².